The standard InChI is InChI=1S/C14H7BrF3NO/c15-11-2-1-3-12(13(11)14(17)18)20-10-5-8(7-19)4-9(16)6-10/h1-6,14H. The predicted octanol–water partition coefficient (Wildman–Crippen LogP) is 5.19. The second-order valence-corrected chi connectivity index (χ2v) is 4.70. The van der Waals surface area contributed by atoms with Crippen molar-refractivity contribution in [3.8, 4) is 17.6 Å². The highest BCUT2D eigenvalue weighted by Crippen LogP contribution is 2.37. The summed E-state index contributed by atoms with van der Waals surface area (Å²) in [5.74, 6) is -0.780. The second kappa shape index (κ2) is 5.97. The molecule has 0 spiro atoms. The molecule has 0 aliphatic carbocycles. The van der Waals surface area contributed by atoms with E-state index in [0.717, 1.165) is 12.1 Å². The topological polar surface area (TPSA) is 33.0 Å². The molecule has 0 unspecified atom stereocenters. The van der Waals surface area contributed by atoms with Gasteiger partial charge in [0.2, 0.25) is 0 Å². The van der Waals surface area contributed by atoms with E-state index in [-0.39, 0.29) is 27.1 Å². The summed E-state index contributed by atoms with van der Waals surface area (Å²) in [4.78, 5) is 0. The molecule has 2 nitrogen and oxygen atoms in total. The first-order chi connectivity index (χ1) is 9.51. The smallest absolute Gasteiger partial charge is 0.268 e. The maximum atomic E-state index is 13.3. The van der Waals surface area contributed by atoms with Crippen molar-refractivity contribution in [2.45, 2.75) is 6.43 Å². The van der Waals surface area contributed by atoms with Crippen LogP contribution in [0, 0.1) is 17.1 Å². The number of hydrogen-bond donors (Lipinski definition) is 0. The highest BCUT2D eigenvalue weighted by Gasteiger charge is 2.18. The van der Waals surface area contributed by atoms with Crippen LogP contribution in [0.4, 0.5) is 13.2 Å². The Kier molecular flexibility index (Phi) is 4.30. The van der Waals surface area contributed by atoms with Gasteiger partial charge in [-0.1, -0.05) is 22.0 Å². The van der Waals surface area contributed by atoms with Gasteiger partial charge in [-0.3, -0.25) is 0 Å². The fraction of sp³-hybridized carbons (Fsp3) is 0.0714. The number of ether oxygens (including phenoxy) is 1. The zero-order valence-corrected chi connectivity index (χ0v) is 11.5. The lowest BCUT2D eigenvalue weighted by Crippen LogP contribution is -1.94. The van der Waals surface area contributed by atoms with Crippen LogP contribution in [-0.2, 0) is 0 Å². The van der Waals surface area contributed by atoms with Crippen LogP contribution in [0.5, 0.6) is 11.5 Å². The largest absolute Gasteiger partial charge is 0.457 e. The minimum Gasteiger partial charge on any atom is -0.457 e. The minimum atomic E-state index is -2.75. The molecule has 20 heavy (non-hydrogen) atoms. The first kappa shape index (κ1) is 14.4. The van der Waals surface area contributed by atoms with Gasteiger partial charge in [0.05, 0.1) is 17.2 Å². The molecular weight excluding hydrogens is 335 g/mol. The Balaban J connectivity index is 2.43. The molecule has 6 heteroatoms. The molecule has 0 aliphatic heterocycles. The zero-order chi connectivity index (χ0) is 14.7. The van der Waals surface area contributed by atoms with Crippen molar-refractivity contribution in [3.63, 3.8) is 0 Å². The van der Waals surface area contributed by atoms with E-state index in [1.807, 2.05) is 0 Å². The van der Waals surface area contributed by atoms with Crippen molar-refractivity contribution < 1.29 is 17.9 Å². The molecule has 0 N–H and O–H groups in total. The normalized spacial score (nSPS) is 10.4. The summed E-state index contributed by atoms with van der Waals surface area (Å²) in [6.45, 7) is 0. The molecule has 0 heterocycles. The van der Waals surface area contributed by atoms with E-state index < -0.39 is 12.2 Å². The number of rotatable bonds is 3. The van der Waals surface area contributed by atoms with E-state index in [1.165, 1.54) is 24.3 Å². The average molecular weight is 342 g/mol. The molecule has 0 aromatic heterocycles. The van der Waals surface area contributed by atoms with Gasteiger partial charge in [-0.25, -0.2) is 13.2 Å². The predicted molar refractivity (Wildman–Crippen MR) is 70.3 cm³/mol. The molecule has 2 aromatic carbocycles. The molecule has 0 saturated carbocycles. The maximum absolute atomic E-state index is 13.3. The van der Waals surface area contributed by atoms with Crippen LogP contribution >= 0.6 is 15.9 Å². The van der Waals surface area contributed by atoms with E-state index in [9.17, 15) is 13.2 Å². The van der Waals surface area contributed by atoms with Gasteiger partial charge >= 0.3 is 0 Å². The molecule has 0 amide bonds. The van der Waals surface area contributed by atoms with Crippen LogP contribution in [0.25, 0.3) is 0 Å². The third-order valence-electron chi connectivity index (χ3n) is 2.46. The molecule has 0 saturated heterocycles. The third kappa shape index (κ3) is 3.11. The Labute approximate surface area is 121 Å². The van der Waals surface area contributed by atoms with Crippen molar-refractivity contribution in [1.29, 1.82) is 5.26 Å². The van der Waals surface area contributed by atoms with Gasteiger partial charge in [-0.2, -0.15) is 5.26 Å². The molecule has 0 radical (unpaired) electrons. The molecule has 2 aromatic rings. The van der Waals surface area contributed by atoms with Gasteiger partial charge < -0.3 is 4.74 Å². The van der Waals surface area contributed by atoms with E-state index in [4.69, 9.17) is 10.00 Å². The number of nitrogens with zero attached hydrogens (tertiary/aromatic N) is 1. The van der Waals surface area contributed by atoms with Gasteiger partial charge in [-0.15, -0.1) is 0 Å². The van der Waals surface area contributed by atoms with Gasteiger partial charge in [-0.05, 0) is 24.3 Å². The first-order valence-corrected chi connectivity index (χ1v) is 6.25. The Morgan fingerprint density at radius 3 is 2.60 bits per heavy atom. The Hall–Kier alpha value is -2.00. The number of alkyl halides is 2. The lowest BCUT2D eigenvalue weighted by molar-refractivity contribution is 0.147. The van der Waals surface area contributed by atoms with Crippen LogP contribution in [0.15, 0.2) is 40.9 Å². The monoisotopic (exact) mass is 341 g/mol. The van der Waals surface area contributed by atoms with E-state index in [1.54, 1.807) is 6.07 Å². The molecule has 2 rings (SSSR count). The summed E-state index contributed by atoms with van der Waals surface area (Å²) in [5.41, 5.74) is -0.274. The number of nitriles is 1. The minimum absolute atomic E-state index is 0.0125. The average Bonchev–Trinajstić information content (AvgIpc) is 2.37. The second-order valence-electron chi connectivity index (χ2n) is 3.84. The van der Waals surface area contributed by atoms with Gasteiger partial charge in [0.1, 0.15) is 17.3 Å². The zero-order valence-electron chi connectivity index (χ0n) is 9.91. The Morgan fingerprint density at radius 2 is 1.95 bits per heavy atom. The molecular formula is C14H7BrF3NO. The van der Waals surface area contributed by atoms with Crippen molar-refractivity contribution >= 4 is 15.9 Å². The summed E-state index contributed by atoms with van der Waals surface area (Å²) in [7, 11) is 0. The van der Waals surface area contributed by atoms with Gasteiger partial charge in [0.15, 0.2) is 0 Å². The van der Waals surface area contributed by atoms with Crippen molar-refractivity contribution in [1.82, 2.24) is 0 Å². The lowest BCUT2D eigenvalue weighted by atomic mass is 10.2. The fourth-order valence-electron chi connectivity index (χ4n) is 1.63. The van der Waals surface area contributed by atoms with Gasteiger partial charge in [0.25, 0.3) is 6.43 Å². The molecule has 0 bridgehead atoms. The number of hydrogen-bond acceptors (Lipinski definition) is 2. The number of halogens is 4. The quantitative estimate of drug-likeness (QED) is 0.769. The van der Waals surface area contributed by atoms with Crippen molar-refractivity contribution in [3.05, 3.63) is 57.8 Å². The van der Waals surface area contributed by atoms with Crippen molar-refractivity contribution in [2.24, 2.45) is 0 Å². The molecule has 0 atom stereocenters. The highest BCUT2D eigenvalue weighted by atomic mass is 79.9. The van der Waals surface area contributed by atoms with Crippen LogP contribution in [-0.4, -0.2) is 0 Å². The van der Waals surface area contributed by atoms with Crippen LogP contribution < -0.4 is 4.74 Å². The third-order valence-corrected chi connectivity index (χ3v) is 3.15. The van der Waals surface area contributed by atoms with E-state index >= 15 is 0 Å². The van der Waals surface area contributed by atoms with Crippen LogP contribution in [0.1, 0.15) is 17.6 Å². The van der Waals surface area contributed by atoms with Crippen LogP contribution in [0.3, 0.4) is 0 Å². The van der Waals surface area contributed by atoms with Gasteiger partial charge in [0, 0.05) is 10.5 Å². The summed E-state index contributed by atoms with van der Waals surface area (Å²) in [6, 6.07) is 9.43. The SMILES string of the molecule is N#Cc1cc(F)cc(Oc2cccc(Br)c2C(F)F)c1. The van der Waals surface area contributed by atoms with E-state index in [0.29, 0.717) is 0 Å². The molecule has 102 valence electrons. The molecule has 0 fully saturated rings. The summed E-state index contributed by atoms with van der Waals surface area (Å²) >= 11 is 3.02. The Bertz CT molecular complexity index is 683. The maximum Gasteiger partial charge on any atom is 0.268 e. The number of benzene rings is 2. The molecule has 0 aliphatic rings. The summed E-state index contributed by atoms with van der Waals surface area (Å²) < 4.78 is 44.7. The fourth-order valence-corrected chi connectivity index (χ4v) is 2.15. The summed E-state index contributed by atoms with van der Waals surface area (Å²) in [5, 5.41) is 8.74. The van der Waals surface area contributed by atoms with Crippen LogP contribution in [0.2, 0.25) is 0 Å². The summed E-state index contributed by atoms with van der Waals surface area (Å²) in [6.07, 6.45) is -2.75. The van der Waals surface area contributed by atoms with E-state index in [2.05, 4.69) is 15.9 Å². The first-order valence-electron chi connectivity index (χ1n) is 5.46. The Morgan fingerprint density at radius 1 is 1.20 bits per heavy atom. The lowest BCUT2D eigenvalue weighted by Gasteiger charge is -2.12. The van der Waals surface area contributed by atoms with Crippen molar-refractivity contribution in [2.75, 3.05) is 0 Å². The highest BCUT2D eigenvalue weighted by molar-refractivity contribution is 9.10.